The van der Waals surface area contributed by atoms with Gasteiger partial charge in [0.1, 0.15) is 5.69 Å². The Morgan fingerprint density at radius 2 is 2.00 bits per heavy atom. The third-order valence-electron chi connectivity index (χ3n) is 1.79. The lowest BCUT2D eigenvalue weighted by atomic mass is 10.3. The van der Waals surface area contributed by atoms with E-state index in [0.29, 0.717) is 0 Å². The van der Waals surface area contributed by atoms with Crippen molar-refractivity contribution in [2.24, 2.45) is 0 Å². The fourth-order valence-corrected chi connectivity index (χ4v) is 1.11. The van der Waals surface area contributed by atoms with Crippen molar-refractivity contribution in [3.05, 3.63) is 34.5 Å². The van der Waals surface area contributed by atoms with Crippen molar-refractivity contribution in [2.75, 3.05) is 0 Å². The molecule has 0 fully saturated rings. The molecule has 0 atom stereocenters. The number of fused-ring (bicyclic) bond motifs is 1. The van der Waals surface area contributed by atoms with E-state index in [1.807, 2.05) is 0 Å². The molecular formula is C8H4F3N3O. The number of pyridine rings is 1. The summed E-state index contributed by atoms with van der Waals surface area (Å²) in [6.45, 7) is 0. The minimum atomic E-state index is -4.53. The van der Waals surface area contributed by atoms with Gasteiger partial charge in [-0.15, -0.1) is 0 Å². The zero-order chi connectivity index (χ0) is 11.1. The van der Waals surface area contributed by atoms with Gasteiger partial charge in [-0.3, -0.25) is 4.79 Å². The number of nitrogens with zero attached hydrogens (tertiary/aromatic N) is 2. The molecule has 0 aliphatic heterocycles. The fourth-order valence-electron chi connectivity index (χ4n) is 1.11. The molecule has 2 rings (SSSR count). The van der Waals surface area contributed by atoms with E-state index in [1.165, 1.54) is 0 Å². The predicted molar refractivity (Wildman–Crippen MR) is 45.2 cm³/mol. The van der Waals surface area contributed by atoms with Gasteiger partial charge in [-0.2, -0.15) is 13.2 Å². The van der Waals surface area contributed by atoms with Crippen LogP contribution in [0.15, 0.2) is 23.3 Å². The molecule has 1 N–H and O–H groups in total. The molecule has 0 aliphatic rings. The minimum absolute atomic E-state index is 0.0329. The fraction of sp³-hybridized carbons (Fsp3) is 0.125. The van der Waals surface area contributed by atoms with Crippen molar-refractivity contribution in [1.29, 1.82) is 0 Å². The Bertz CT molecular complexity index is 561. The number of rotatable bonds is 0. The molecule has 0 saturated heterocycles. The summed E-state index contributed by atoms with van der Waals surface area (Å²) in [6, 6.07) is 1.80. The van der Waals surface area contributed by atoms with Crippen LogP contribution in [0.3, 0.4) is 0 Å². The summed E-state index contributed by atoms with van der Waals surface area (Å²) in [5.41, 5.74) is -1.79. The third-order valence-corrected chi connectivity index (χ3v) is 1.79. The van der Waals surface area contributed by atoms with E-state index in [2.05, 4.69) is 15.0 Å². The van der Waals surface area contributed by atoms with Crippen LogP contribution in [0.1, 0.15) is 5.69 Å². The molecule has 0 unspecified atom stereocenters. The maximum atomic E-state index is 12.2. The summed E-state index contributed by atoms with van der Waals surface area (Å²) < 4.78 is 36.7. The number of aromatic amines is 1. The van der Waals surface area contributed by atoms with E-state index in [9.17, 15) is 18.0 Å². The van der Waals surface area contributed by atoms with Gasteiger partial charge in [-0.05, 0) is 12.1 Å². The molecule has 0 radical (unpaired) electrons. The van der Waals surface area contributed by atoms with Crippen molar-refractivity contribution in [1.82, 2.24) is 15.0 Å². The van der Waals surface area contributed by atoms with Gasteiger partial charge in [0.25, 0.3) is 5.56 Å². The van der Waals surface area contributed by atoms with Gasteiger partial charge >= 0.3 is 6.18 Å². The molecule has 0 spiro atoms. The van der Waals surface area contributed by atoms with E-state index in [0.717, 1.165) is 18.5 Å². The van der Waals surface area contributed by atoms with Crippen LogP contribution >= 0.6 is 0 Å². The first-order valence-electron chi connectivity index (χ1n) is 3.90. The van der Waals surface area contributed by atoms with Gasteiger partial charge in [0.15, 0.2) is 5.65 Å². The van der Waals surface area contributed by atoms with E-state index in [4.69, 9.17) is 0 Å². The van der Waals surface area contributed by atoms with Gasteiger partial charge in [-0.25, -0.2) is 9.97 Å². The Kier molecular flexibility index (Phi) is 1.95. The van der Waals surface area contributed by atoms with Crippen LogP contribution in [-0.2, 0) is 6.18 Å². The molecule has 4 nitrogen and oxygen atoms in total. The van der Waals surface area contributed by atoms with E-state index < -0.39 is 17.4 Å². The largest absolute Gasteiger partial charge is 0.433 e. The number of halogens is 3. The molecule has 15 heavy (non-hydrogen) atoms. The van der Waals surface area contributed by atoms with Gasteiger partial charge in [0.2, 0.25) is 0 Å². The summed E-state index contributed by atoms with van der Waals surface area (Å²) in [6.07, 6.45) is -3.52. The molecule has 0 aliphatic carbocycles. The topological polar surface area (TPSA) is 58.6 Å². The second-order valence-corrected chi connectivity index (χ2v) is 2.80. The van der Waals surface area contributed by atoms with Gasteiger partial charge in [-0.1, -0.05) is 0 Å². The quantitative estimate of drug-likeness (QED) is 0.721. The third kappa shape index (κ3) is 1.67. The lowest BCUT2D eigenvalue weighted by Crippen LogP contribution is -2.12. The molecular weight excluding hydrogens is 211 g/mol. The Labute approximate surface area is 80.8 Å². The van der Waals surface area contributed by atoms with Crippen LogP contribution in [0.4, 0.5) is 13.2 Å². The first-order valence-corrected chi connectivity index (χ1v) is 3.90. The van der Waals surface area contributed by atoms with E-state index >= 15 is 0 Å². The number of aromatic nitrogens is 3. The molecule has 2 heterocycles. The zero-order valence-electron chi connectivity index (χ0n) is 7.17. The predicted octanol–water partition coefficient (Wildman–Crippen LogP) is 1.34. The number of nitrogens with one attached hydrogen (secondary N) is 1. The summed E-state index contributed by atoms with van der Waals surface area (Å²) in [7, 11) is 0. The zero-order valence-corrected chi connectivity index (χ0v) is 7.17. The summed E-state index contributed by atoms with van der Waals surface area (Å²) in [5, 5.41) is 0.0329. The summed E-state index contributed by atoms with van der Waals surface area (Å²) in [4.78, 5) is 20.2. The molecule has 0 aromatic carbocycles. The SMILES string of the molecule is O=c1[nH]cnc2nc(C(F)(F)F)ccc12. The van der Waals surface area contributed by atoms with E-state index in [1.54, 1.807) is 0 Å². The number of hydrogen-bond donors (Lipinski definition) is 1. The van der Waals surface area contributed by atoms with Crippen LogP contribution in [0.25, 0.3) is 11.0 Å². The average molecular weight is 215 g/mol. The van der Waals surface area contributed by atoms with Crippen molar-refractivity contribution < 1.29 is 13.2 Å². The van der Waals surface area contributed by atoms with Gasteiger partial charge in [0.05, 0.1) is 11.7 Å². The summed E-state index contributed by atoms with van der Waals surface area (Å²) >= 11 is 0. The molecule has 2 aromatic heterocycles. The standard InChI is InChI=1S/C8H4F3N3O/c9-8(10,11)5-2-1-4-6(14-5)12-3-13-7(4)15/h1-3H,(H,12,13,14,15). The Hall–Kier alpha value is -1.92. The summed E-state index contributed by atoms with van der Waals surface area (Å²) in [5.74, 6) is 0. The monoisotopic (exact) mass is 215 g/mol. The van der Waals surface area contributed by atoms with Crippen LogP contribution in [0.2, 0.25) is 0 Å². The first-order chi connectivity index (χ1) is 6.98. The Balaban J connectivity index is 2.73. The molecule has 7 heteroatoms. The Morgan fingerprint density at radius 1 is 1.27 bits per heavy atom. The highest BCUT2D eigenvalue weighted by Gasteiger charge is 2.32. The average Bonchev–Trinajstić information content (AvgIpc) is 2.16. The number of alkyl halides is 3. The second kappa shape index (κ2) is 3.04. The van der Waals surface area contributed by atoms with Crippen LogP contribution < -0.4 is 5.56 Å². The smallest absolute Gasteiger partial charge is 0.313 e. The van der Waals surface area contributed by atoms with Crippen molar-refractivity contribution in [3.8, 4) is 0 Å². The lowest BCUT2D eigenvalue weighted by molar-refractivity contribution is -0.141. The van der Waals surface area contributed by atoms with Crippen LogP contribution in [-0.4, -0.2) is 15.0 Å². The molecule has 78 valence electrons. The number of H-pyrrole nitrogens is 1. The molecule has 0 amide bonds. The highest BCUT2D eigenvalue weighted by atomic mass is 19.4. The highest BCUT2D eigenvalue weighted by molar-refractivity contribution is 5.72. The van der Waals surface area contributed by atoms with Gasteiger partial charge in [0, 0.05) is 0 Å². The lowest BCUT2D eigenvalue weighted by Gasteiger charge is -2.05. The van der Waals surface area contributed by atoms with Crippen LogP contribution in [0.5, 0.6) is 0 Å². The van der Waals surface area contributed by atoms with Crippen LogP contribution in [0, 0.1) is 0 Å². The van der Waals surface area contributed by atoms with Crippen molar-refractivity contribution in [3.63, 3.8) is 0 Å². The van der Waals surface area contributed by atoms with Gasteiger partial charge < -0.3 is 4.98 Å². The maximum Gasteiger partial charge on any atom is 0.433 e. The van der Waals surface area contributed by atoms with E-state index in [-0.39, 0.29) is 11.0 Å². The second-order valence-electron chi connectivity index (χ2n) is 2.80. The normalized spacial score (nSPS) is 11.9. The van der Waals surface area contributed by atoms with Crippen molar-refractivity contribution in [2.45, 2.75) is 6.18 Å². The molecule has 0 bridgehead atoms. The van der Waals surface area contributed by atoms with Crippen molar-refractivity contribution >= 4 is 11.0 Å². The highest BCUT2D eigenvalue weighted by Crippen LogP contribution is 2.27. The molecule has 0 saturated carbocycles. The molecule has 2 aromatic rings. The maximum absolute atomic E-state index is 12.2. The minimum Gasteiger partial charge on any atom is -0.313 e. The number of hydrogen-bond acceptors (Lipinski definition) is 3. The first kappa shape index (κ1) is 9.63. The Morgan fingerprint density at radius 3 is 2.67 bits per heavy atom.